The lowest BCUT2D eigenvalue weighted by molar-refractivity contribution is -0.0545. The van der Waals surface area contributed by atoms with E-state index in [4.69, 9.17) is 5.73 Å². The molecule has 1 fully saturated rings. The monoisotopic (exact) mass is 356 g/mol. The third-order valence-corrected chi connectivity index (χ3v) is 4.80. The fourth-order valence-electron chi connectivity index (χ4n) is 3.28. The van der Waals surface area contributed by atoms with Crippen LogP contribution in [-0.4, -0.2) is 43.7 Å². The first-order chi connectivity index (χ1) is 12.4. The number of aliphatic hydroxyl groups excluding tert-OH is 2. The molecule has 6 N–H and O–H groups in total. The van der Waals surface area contributed by atoms with Gasteiger partial charge in [-0.05, 0) is 31.4 Å². The van der Waals surface area contributed by atoms with Crippen LogP contribution in [0.25, 0.3) is 12.2 Å². The van der Waals surface area contributed by atoms with Crippen LogP contribution in [0.4, 0.5) is 11.8 Å². The fraction of sp³-hybridized carbons (Fsp3) is 0.368. The average molecular weight is 356 g/mol. The minimum absolute atomic E-state index is 0.0802. The Bertz CT molecular complexity index is 797. The molecule has 1 saturated carbocycles. The van der Waals surface area contributed by atoms with E-state index in [1.807, 2.05) is 42.5 Å². The molecule has 3 unspecified atom stereocenters. The molecule has 138 valence electrons. The van der Waals surface area contributed by atoms with Gasteiger partial charge in [-0.25, -0.2) is 4.98 Å². The van der Waals surface area contributed by atoms with Crippen molar-refractivity contribution in [3.63, 3.8) is 0 Å². The number of aromatic nitrogens is 2. The molecule has 3 rings (SSSR count). The normalized spacial score (nSPS) is 25.7. The lowest BCUT2D eigenvalue weighted by atomic mass is 10.0. The van der Waals surface area contributed by atoms with Gasteiger partial charge < -0.3 is 26.4 Å². The Morgan fingerprint density at radius 2 is 2.00 bits per heavy atom. The number of anilines is 2. The highest BCUT2D eigenvalue weighted by Gasteiger charge is 2.46. The number of benzene rings is 1. The second kappa shape index (κ2) is 7.41. The SMILES string of the molecule is Cc1nc(N)nc(NC2(O)CCC(CO)C2O)c1C=Cc1ccccc1. The van der Waals surface area contributed by atoms with Gasteiger partial charge in [0.25, 0.3) is 0 Å². The first-order valence-electron chi connectivity index (χ1n) is 8.59. The first-order valence-corrected chi connectivity index (χ1v) is 8.59. The molecule has 7 heteroatoms. The molecule has 3 atom stereocenters. The van der Waals surface area contributed by atoms with Crippen molar-refractivity contribution in [3.05, 3.63) is 47.2 Å². The van der Waals surface area contributed by atoms with E-state index in [-0.39, 0.29) is 18.5 Å². The average Bonchev–Trinajstić information content (AvgIpc) is 2.89. The second-order valence-electron chi connectivity index (χ2n) is 6.65. The van der Waals surface area contributed by atoms with Gasteiger partial charge in [0.2, 0.25) is 5.95 Å². The molecule has 1 aliphatic carbocycles. The van der Waals surface area contributed by atoms with Gasteiger partial charge >= 0.3 is 0 Å². The number of hydrogen-bond donors (Lipinski definition) is 5. The molecule has 0 spiro atoms. The summed E-state index contributed by atoms with van der Waals surface area (Å²) in [5, 5.41) is 33.4. The van der Waals surface area contributed by atoms with Gasteiger partial charge in [0.15, 0.2) is 5.72 Å². The van der Waals surface area contributed by atoms with Crippen LogP contribution >= 0.6 is 0 Å². The van der Waals surface area contributed by atoms with Crippen molar-refractivity contribution in [2.45, 2.75) is 31.6 Å². The standard InChI is InChI=1S/C19H24N4O3/c1-12-15(8-7-13-5-3-2-4-6-13)17(22-18(20)21-12)23-19(26)10-9-14(11-24)16(19)25/h2-8,14,16,24-26H,9-11H2,1H3,(H3,20,21,22,23). The second-order valence-corrected chi connectivity index (χ2v) is 6.65. The Kier molecular flexibility index (Phi) is 5.22. The Morgan fingerprint density at radius 3 is 2.65 bits per heavy atom. The van der Waals surface area contributed by atoms with Crippen LogP contribution in [0, 0.1) is 12.8 Å². The summed E-state index contributed by atoms with van der Waals surface area (Å²) in [6.07, 6.45) is 3.47. The van der Waals surface area contributed by atoms with Gasteiger partial charge in [-0.2, -0.15) is 4.98 Å². The number of nitrogen functional groups attached to an aromatic ring is 1. The lowest BCUT2D eigenvalue weighted by Gasteiger charge is -2.30. The van der Waals surface area contributed by atoms with Gasteiger partial charge in [0.05, 0.1) is 5.69 Å². The summed E-state index contributed by atoms with van der Waals surface area (Å²) in [6, 6.07) is 9.76. The molecule has 0 radical (unpaired) electrons. The Hall–Kier alpha value is -2.48. The van der Waals surface area contributed by atoms with E-state index in [0.29, 0.717) is 29.9 Å². The van der Waals surface area contributed by atoms with Crippen molar-refractivity contribution in [2.24, 2.45) is 5.92 Å². The third kappa shape index (κ3) is 3.70. The highest BCUT2D eigenvalue weighted by Crippen LogP contribution is 2.36. The van der Waals surface area contributed by atoms with E-state index in [9.17, 15) is 15.3 Å². The predicted molar refractivity (Wildman–Crippen MR) is 101 cm³/mol. The summed E-state index contributed by atoms with van der Waals surface area (Å²) in [7, 11) is 0. The van der Waals surface area contributed by atoms with E-state index in [2.05, 4.69) is 15.3 Å². The molecular weight excluding hydrogens is 332 g/mol. The van der Waals surface area contributed by atoms with Crippen molar-refractivity contribution in [1.82, 2.24) is 9.97 Å². The highest BCUT2D eigenvalue weighted by molar-refractivity contribution is 5.77. The summed E-state index contributed by atoms with van der Waals surface area (Å²) < 4.78 is 0. The number of rotatable bonds is 5. The number of aryl methyl sites for hydroxylation is 1. The van der Waals surface area contributed by atoms with Crippen LogP contribution in [-0.2, 0) is 0 Å². The van der Waals surface area contributed by atoms with Crippen LogP contribution in [0.1, 0.15) is 29.7 Å². The van der Waals surface area contributed by atoms with Crippen LogP contribution < -0.4 is 11.1 Å². The molecule has 2 aromatic rings. The maximum absolute atomic E-state index is 10.8. The van der Waals surface area contributed by atoms with Gasteiger partial charge in [-0.1, -0.05) is 36.4 Å². The van der Waals surface area contributed by atoms with Gasteiger partial charge in [0.1, 0.15) is 11.9 Å². The van der Waals surface area contributed by atoms with Crippen molar-refractivity contribution in [3.8, 4) is 0 Å². The first kappa shape index (κ1) is 18.3. The van der Waals surface area contributed by atoms with Crippen LogP contribution in [0.2, 0.25) is 0 Å². The van der Waals surface area contributed by atoms with Crippen molar-refractivity contribution in [1.29, 1.82) is 0 Å². The highest BCUT2D eigenvalue weighted by atomic mass is 16.4. The summed E-state index contributed by atoms with van der Waals surface area (Å²) in [5.41, 5.74) is 6.54. The topological polar surface area (TPSA) is 125 Å². The lowest BCUT2D eigenvalue weighted by Crippen LogP contribution is -2.48. The molecule has 0 amide bonds. The molecule has 7 nitrogen and oxygen atoms in total. The zero-order chi connectivity index (χ0) is 18.7. The van der Waals surface area contributed by atoms with E-state index in [1.165, 1.54) is 0 Å². The molecular formula is C19H24N4O3. The maximum Gasteiger partial charge on any atom is 0.222 e. The van der Waals surface area contributed by atoms with E-state index in [1.54, 1.807) is 6.92 Å². The molecule has 1 aromatic carbocycles. The molecule has 26 heavy (non-hydrogen) atoms. The summed E-state index contributed by atoms with van der Waals surface area (Å²) in [5.74, 6) is 0.0510. The number of aliphatic hydroxyl groups is 3. The maximum atomic E-state index is 10.8. The van der Waals surface area contributed by atoms with Crippen LogP contribution in [0.3, 0.4) is 0 Å². The van der Waals surface area contributed by atoms with E-state index < -0.39 is 11.8 Å². The van der Waals surface area contributed by atoms with Crippen molar-refractivity contribution < 1.29 is 15.3 Å². The molecule has 1 aromatic heterocycles. The predicted octanol–water partition coefficient (Wildman–Crippen LogP) is 1.40. The van der Waals surface area contributed by atoms with Gasteiger partial charge in [-0.15, -0.1) is 0 Å². The number of hydrogen-bond acceptors (Lipinski definition) is 7. The van der Waals surface area contributed by atoms with Gasteiger partial charge in [0, 0.05) is 18.1 Å². The largest absolute Gasteiger partial charge is 0.396 e. The van der Waals surface area contributed by atoms with E-state index >= 15 is 0 Å². The zero-order valence-electron chi connectivity index (χ0n) is 14.6. The number of nitrogens with one attached hydrogen (secondary N) is 1. The minimum atomic E-state index is -1.57. The Balaban J connectivity index is 1.93. The van der Waals surface area contributed by atoms with Crippen molar-refractivity contribution >= 4 is 23.9 Å². The van der Waals surface area contributed by atoms with Crippen LogP contribution in [0.5, 0.6) is 0 Å². The third-order valence-electron chi connectivity index (χ3n) is 4.80. The Morgan fingerprint density at radius 1 is 1.27 bits per heavy atom. The van der Waals surface area contributed by atoms with Crippen molar-refractivity contribution in [2.75, 3.05) is 17.7 Å². The van der Waals surface area contributed by atoms with E-state index in [0.717, 1.165) is 5.56 Å². The number of nitrogens with zero attached hydrogens (tertiary/aromatic N) is 2. The summed E-state index contributed by atoms with van der Waals surface area (Å²) >= 11 is 0. The van der Waals surface area contributed by atoms with Crippen LogP contribution in [0.15, 0.2) is 30.3 Å². The smallest absolute Gasteiger partial charge is 0.222 e. The Labute approximate surface area is 152 Å². The summed E-state index contributed by atoms with van der Waals surface area (Å²) in [4.78, 5) is 8.40. The number of nitrogens with two attached hydrogens (primary N) is 1. The molecule has 1 aliphatic rings. The van der Waals surface area contributed by atoms with Gasteiger partial charge in [-0.3, -0.25) is 0 Å². The summed E-state index contributed by atoms with van der Waals surface area (Å²) in [6.45, 7) is 1.62. The molecule has 0 aliphatic heterocycles. The molecule has 1 heterocycles. The zero-order valence-corrected chi connectivity index (χ0v) is 14.6. The molecule has 0 bridgehead atoms. The quantitative estimate of drug-likeness (QED) is 0.513. The fourth-order valence-corrected chi connectivity index (χ4v) is 3.28. The molecule has 0 saturated heterocycles. The minimum Gasteiger partial charge on any atom is -0.396 e.